The molecule has 15 heavy (non-hydrogen) atoms. The summed E-state index contributed by atoms with van der Waals surface area (Å²) < 4.78 is 5.09. The van der Waals surface area contributed by atoms with Crippen LogP contribution in [-0.4, -0.2) is 19.4 Å². The standard InChI is InChI=1S/C11H12ClNO2/c1-15-11-5-7-9(6-8(11)12)13-4-2-3-10(7)14/h5-6,13H,2-4H2,1H3. The van der Waals surface area contributed by atoms with E-state index < -0.39 is 0 Å². The van der Waals surface area contributed by atoms with E-state index >= 15 is 0 Å². The number of rotatable bonds is 1. The van der Waals surface area contributed by atoms with Crippen LogP contribution in [0, 0.1) is 0 Å². The first-order valence-electron chi connectivity index (χ1n) is 4.87. The summed E-state index contributed by atoms with van der Waals surface area (Å²) in [5.74, 6) is 0.692. The number of Topliss-reactive ketones (excluding diaryl/α,β-unsaturated/α-hetero) is 1. The fourth-order valence-electron chi connectivity index (χ4n) is 1.69. The molecule has 0 atom stereocenters. The first kappa shape index (κ1) is 10.3. The van der Waals surface area contributed by atoms with Gasteiger partial charge in [0.15, 0.2) is 5.78 Å². The van der Waals surface area contributed by atoms with Crippen LogP contribution in [0.1, 0.15) is 23.2 Å². The van der Waals surface area contributed by atoms with Crippen LogP contribution in [0.2, 0.25) is 5.02 Å². The number of ketones is 1. The van der Waals surface area contributed by atoms with Gasteiger partial charge >= 0.3 is 0 Å². The van der Waals surface area contributed by atoms with Gasteiger partial charge < -0.3 is 10.1 Å². The third-order valence-electron chi connectivity index (χ3n) is 2.49. The van der Waals surface area contributed by atoms with Crippen molar-refractivity contribution in [2.45, 2.75) is 12.8 Å². The van der Waals surface area contributed by atoms with Crippen molar-refractivity contribution < 1.29 is 9.53 Å². The number of fused-ring (bicyclic) bond motifs is 1. The quantitative estimate of drug-likeness (QED) is 0.799. The highest BCUT2D eigenvalue weighted by molar-refractivity contribution is 6.32. The summed E-state index contributed by atoms with van der Waals surface area (Å²) in [5, 5.41) is 3.71. The second-order valence-electron chi connectivity index (χ2n) is 3.49. The molecule has 1 N–H and O–H groups in total. The molecule has 1 aromatic carbocycles. The minimum Gasteiger partial charge on any atom is -0.495 e. The molecule has 0 radical (unpaired) electrons. The number of hydrogen-bond acceptors (Lipinski definition) is 3. The average Bonchev–Trinajstić information content (AvgIpc) is 2.40. The van der Waals surface area contributed by atoms with E-state index in [0.717, 1.165) is 18.7 Å². The molecule has 0 aliphatic carbocycles. The van der Waals surface area contributed by atoms with Gasteiger partial charge in [-0.25, -0.2) is 0 Å². The summed E-state index contributed by atoms with van der Waals surface area (Å²) in [6.45, 7) is 0.807. The lowest BCUT2D eigenvalue weighted by Crippen LogP contribution is -2.01. The SMILES string of the molecule is COc1cc2c(cc1Cl)NCCCC2=O. The van der Waals surface area contributed by atoms with Crippen molar-refractivity contribution in [3.63, 3.8) is 0 Å². The summed E-state index contributed by atoms with van der Waals surface area (Å²) in [6, 6.07) is 3.46. The first-order chi connectivity index (χ1) is 7.22. The summed E-state index contributed by atoms with van der Waals surface area (Å²) in [5.41, 5.74) is 1.48. The van der Waals surface area contributed by atoms with Gasteiger partial charge in [0, 0.05) is 24.2 Å². The van der Waals surface area contributed by atoms with E-state index in [1.807, 2.05) is 0 Å². The molecule has 0 saturated carbocycles. The Morgan fingerprint density at radius 3 is 3.00 bits per heavy atom. The minimum atomic E-state index is 0.143. The largest absolute Gasteiger partial charge is 0.495 e. The maximum atomic E-state index is 11.7. The summed E-state index contributed by atoms with van der Waals surface area (Å²) in [4.78, 5) is 11.7. The van der Waals surface area contributed by atoms with Crippen molar-refractivity contribution in [2.24, 2.45) is 0 Å². The van der Waals surface area contributed by atoms with Crippen LogP contribution in [0.15, 0.2) is 12.1 Å². The Balaban J connectivity index is 2.52. The van der Waals surface area contributed by atoms with E-state index in [4.69, 9.17) is 16.3 Å². The van der Waals surface area contributed by atoms with Crippen LogP contribution in [0.5, 0.6) is 5.75 Å². The van der Waals surface area contributed by atoms with Gasteiger partial charge in [-0.3, -0.25) is 4.79 Å². The number of carbonyl (C=O) groups excluding carboxylic acids is 1. The van der Waals surface area contributed by atoms with E-state index in [2.05, 4.69) is 5.32 Å². The molecule has 4 heteroatoms. The topological polar surface area (TPSA) is 38.3 Å². The van der Waals surface area contributed by atoms with Crippen LogP contribution in [-0.2, 0) is 0 Å². The lowest BCUT2D eigenvalue weighted by atomic mass is 10.1. The second kappa shape index (κ2) is 4.11. The smallest absolute Gasteiger partial charge is 0.165 e. The lowest BCUT2D eigenvalue weighted by Gasteiger charge is -2.10. The van der Waals surface area contributed by atoms with Crippen molar-refractivity contribution in [2.75, 3.05) is 19.0 Å². The molecule has 0 unspecified atom stereocenters. The van der Waals surface area contributed by atoms with Crippen LogP contribution >= 0.6 is 11.6 Å². The predicted octanol–water partition coefficient (Wildman–Crippen LogP) is 2.74. The number of benzene rings is 1. The van der Waals surface area contributed by atoms with Crippen LogP contribution in [0.3, 0.4) is 0 Å². The van der Waals surface area contributed by atoms with Gasteiger partial charge in [0.05, 0.1) is 12.1 Å². The first-order valence-corrected chi connectivity index (χ1v) is 5.25. The molecule has 0 spiro atoms. The van der Waals surface area contributed by atoms with E-state index in [1.54, 1.807) is 19.2 Å². The molecule has 1 aliphatic heterocycles. The minimum absolute atomic E-state index is 0.143. The second-order valence-corrected chi connectivity index (χ2v) is 3.89. The number of carbonyl (C=O) groups is 1. The molecule has 1 heterocycles. The third kappa shape index (κ3) is 1.92. The van der Waals surface area contributed by atoms with E-state index in [9.17, 15) is 4.79 Å². The highest BCUT2D eigenvalue weighted by atomic mass is 35.5. The highest BCUT2D eigenvalue weighted by Crippen LogP contribution is 2.32. The zero-order valence-corrected chi connectivity index (χ0v) is 9.23. The van der Waals surface area contributed by atoms with Crippen molar-refractivity contribution in [1.82, 2.24) is 0 Å². The average molecular weight is 226 g/mol. The lowest BCUT2D eigenvalue weighted by molar-refractivity contribution is 0.0983. The monoisotopic (exact) mass is 225 g/mol. The maximum absolute atomic E-state index is 11.7. The van der Waals surface area contributed by atoms with Gasteiger partial charge in [-0.2, -0.15) is 0 Å². The predicted molar refractivity (Wildman–Crippen MR) is 60.1 cm³/mol. The van der Waals surface area contributed by atoms with E-state index in [1.165, 1.54) is 0 Å². The fraction of sp³-hybridized carbons (Fsp3) is 0.364. The van der Waals surface area contributed by atoms with Crippen LogP contribution < -0.4 is 10.1 Å². The van der Waals surface area contributed by atoms with Gasteiger partial charge in [-0.1, -0.05) is 11.6 Å². The van der Waals surface area contributed by atoms with Crippen molar-refractivity contribution in [3.05, 3.63) is 22.7 Å². The van der Waals surface area contributed by atoms with E-state index in [-0.39, 0.29) is 5.78 Å². The summed E-state index contributed by atoms with van der Waals surface area (Å²) in [7, 11) is 1.54. The Morgan fingerprint density at radius 2 is 2.27 bits per heavy atom. The molecule has 0 amide bonds. The van der Waals surface area contributed by atoms with Crippen molar-refractivity contribution >= 4 is 23.1 Å². The number of ether oxygens (including phenoxy) is 1. The molecular weight excluding hydrogens is 214 g/mol. The zero-order valence-electron chi connectivity index (χ0n) is 8.47. The van der Waals surface area contributed by atoms with Gasteiger partial charge in [0.2, 0.25) is 0 Å². The Morgan fingerprint density at radius 1 is 1.47 bits per heavy atom. The number of nitrogens with one attached hydrogen (secondary N) is 1. The van der Waals surface area contributed by atoms with Crippen molar-refractivity contribution in [3.8, 4) is 5.75 Å². The number of hydrogen-bond donors (Lipinski definition) is 1. The van der Waals surface area contributed by atoms with Gasteiger partial charge in [-0.05, 0) is 18.6 Å². The van der Waals surface area contributed by atoms with Crippen molar-refractivity contribution in [1.29, 1.82) is 0 Å². The zero-order chi connectivity index (χ0) is 10.8. The molecule has 1 aliphatic rings. The molecule has 0 fully saturated rings. The van der Waals surface area contributed by atoms with Gasteiger partial charge in [-0.15, -0.1) is 0 Å². The Hall–Kier alpha value is -1.22. The number of methoxy groups -OCH3 is 1. The highest BCUT2D eigenvalue weighted by Gasteiger charge is 2.17. The molecule has 0 aromatic heterocycles. The normalized spacial score (nSPS) is 15.2. The molecule has 3 nitrogen and oxygen atoms in total. The molecule has 1 aromatic rings. The number of anilines is 1. The Kier molecular flexibility index (Phi) is 2.82. The third-order valence-corrected chi connectivity index (χ3v) is 2.78. The molecule has 80 valence electrons. The fourth-order valence-corrected chi connectivity index (χ4v) is 1.93. The molecule has 2 rings (SSSR count). The van der Waals surface area contributed by atoms with Crippen LogP contribution in [0.25, 0.3) is 0 Å². The summed E-state index contributed by atoms with van der Waals surface area (Å²) >= 11 is 5.99. The molecule has 0 saturated heterocycles. The summed E-state index contributed by atoms with van der Waals surface area (Å²) in [6.07, 6.45) is 1.43. The van der Waals surface area contributed by atoms with Gasteiger partial charge in [0.25, 0.3) is 0 Å². The Labute approximate surface area is 93.4 Å². The molecule has 0 bridgehead atoms. The number of halogens is 1. The maximum Gasteiger partial charge on any atom is 0.165 e. The van der Waals surface area contributed by atoms with Gasteiger partial charge in [0.1, 0.15) is 5.75 Å². The van der Waals surface area contributed by atoms with E-state index in [0.29, 0.717) is 22.8 Å². The molecular formula is C11H12ClNO2. The van der Waals surface area contributed by atoms with Crippen LogP contribution in [0.4, 0.5) is 5.69 Å². The Bertz CT molecular complexity index is 404.